The van der Waals surface area contributed by atoms with Gasteiger partial charge in [-0.25, -0.2) is 4.98 Å². The van der Waals surface area contributed by atoms with Crippen molar-refractivity contribution >= 4 is 0 Å². The minimum Gasteiger partial charge on any atom is -0.481 e. The van der Waals surface area contributed by atoms with Crippen molar-refractivity contribution in [3.63, 3.8) is 0 Å². The van der Waals surface area contributed by atoms with Crippen molar-refractivity contribution in [2.24, 2.45) is 17.3 Å². The minimum atomic E-state index is -1.97. The zero-order chi connectivity index (χ0) is 28.1. The number of pyridine rings is 1. The summed E-state index contributed by atoms with van der Waals surface area (Å²) < 4.78 is 18.1. The third-order valence-corrected chi connectivity index (χ3v) is 9.18. The molecule has 9 heteroatoms. The van der Waals surface area contributed by atoms with Crippen LogP contribution in [0.15, 0.2) is 54.6 Å². The van der Waals surface area contributed by atoms with E-state index >= 15 is 0 Å². The molecule has 6 rings (SSSR count). The van der Waals surface area contributed by atoms with Gasteiger partial charge >= 0.3 is 0 Å². The number of hydrogen-bond acceptors (Lipinski definition) is 9. The van der Waals surface area contributed by atoms with Gasteiger partial charge in [0.05, 0.1) is 43.6 Å². The van der Waals surface area contributed by atoms with E-state index in [0.717, 1.165) is 13.1 Å². The number of rotatable bonds is 5. The van der Waals surface area contributed by atoms with Crippen LogP contribution in [0.3, 0.4) is 0 Å². The number of aliphatic hydroxyl groups is 2. The Morgan fingerprint density at radius 3 is 2.52 bits per heavy atom. The van der Waals surface area contributed by atoms with Crippen molar-refractivity contribution in [2.45, 2.75) is 30.7 Å². The second-order valence-electron chi connectivity index (χ2n) is 11.3. The third kappa shape index (κ3) is 3.63. The molecular formula is C31H32N4O5. The first kappa shape index (κ1) is 26.5. The van der Waals surface area contributed by atoms with Crippen LogP contribution < -0.4 is 9.47 Å². The average molecular weight is 541 g/mol. The molecular weight excluding hydrogens is 508 g/mol. The van der Waals surface area contributed by atoms with Crippen LogP contribution in [0, 0.1) is 39.9 Å². The van der Waals surface area contributed by atoms with Crippen LogP contribution in [-0.4, -0.2) is 66.2 Å². The first-order chi connectivity index (χ1) is 19.3. The lowest BCUT2D eigenvalue weighted by Crippen LogP contribution is -2.55. The second-order valence-corrected chi connectivity index (χ2v) is 11.3. The van der Waals surface area contributed by atoms with Gasteiger partial charge in [0.1, 0.15) is 17.5 Å². The molecule has 6 atom stereocenters. The second kappa shape index (κ2) is 9.72. The van der Waals surface area contributed by atoms with E-state index in [1.807, 2.05) is 18.2 Å². The molecule has 3 heterocycles. The number of ether oxygens (including phenoxy) is 3. The number of aromatic nitrogens is 1. The highest BCUT2D eigenvalue weighted by Crippen LogP contribution is 2.71. The molecule has 0 amide bonds. The minimum absolute atomic E-state index is 0.0427. The Hall–Kier alpha value is -3.73. The summed E-state index contributed by atoms with van der Waals surface area (Å²) in [6.07, 6.45) is 7.64. The molecule has 1 aromatic heterocycles. The molecule has 4 aliphatic rings. The van der Waals surface area contributed by atoms with Crippen molar-refractivity contribution in [3.8, 4) is 23.8 Å². The lowest BCUT2D eigenvalue weighted by Gasteiger charge is -2.48. The number of nitrogens with zero attached hydrogens (tertiary/aromatic N) is 4. The van der Waals surface area contributed by atoms with E-state index in [9.17, 15) is 20.7 Å². The highest BCUT2D eigenvalue weighted by molar-refractivity contribution is 5.59. The monoisotopic (exact) mass is 540 g/mol. The SMILES string of the molecule is COc1nc(C#N)cc2c1[C@]1(O)[C@H](O)[C@H](CN3CCOCC3)[C@@H](C3(C)C=CC=CC3)[C@]1(c1ccc(C#N)cc1)O2. The van der Waals surface area contributed by atoms with Crippen LogP contribution in [0.25, 0.3) is 0 Å². The molecule has 9 nitrogen and oxygen atoms in total. The van der Waals surface area contributed by atoms with Crippen molar-refractivity contribution in [2.75, 3.05) is 40.0 Å². The molecule has 1 aromatic carbocycles. The fraction of sp³-hybridized carbons (Fsp3) is 0.452. The molecule has 0 radical (unpaired) electrons. The topological polar surface area (TPSA) is 132 Å². The number of nitriles is 2. The number of fused-ring (bicyclic) bond motifs is 3. The van der Waals surface area contributed by atoms with Crippen molar-refractivity contribution in [3.05, 3.63) is 77.0 Å². The van der Waals surface area contributed by atoms with Gasteiger partial charge in [0.2, 0.25) is 5.88 Å². The van der Waals surface area contributed by atoms with Gasteiger partial charge < -0.3 is 24.4 Å². The largest absolute Gasteiger partial charge is 0.481 e. The smallest absolute Gasteiger partial charge is 0.224 e. The summed E-state index contributed by atoms with van der Waals surface area (Å²) in [5.41, 5.74) is -2.56. The summed E-state index contributed by atoms with van der Waals surface area (Å²) in [7, 11) is 1.43. The Morgan fingerprint density at radius 1 is 1.15 bits per heavy atom. The molecule has 2 aromatic rings. The van der Waals surface area contributed by atoms with Crippen LogP contribution in [-0.2, 0) is 15.9 Å². The van der Waals surface area contributed by atoms with Crippen molar-refractivity contribution < 1.29 is 24.4 Å². The molecule has 2 fully saturated rings. The average Bonchev–Trinajstić information content (AvgIpc) is 3.36. The summed E-state index contributed by atoms with van der Waals surface area (Å²) in [5.74, 6) is -0.558. The van der Waals surface area contributed by atoms with Crippen molar-refractivity contribution in [1.29, 1.82) is 10.5 Å². The molecule has 1 saturated heterocycles. The zero-order valence-electron chi connectivity index (χ0n) is 22.6. The number of methoxy groups -OCH3 is 1. The Labute approximate surface area is 233 Å². The first-order valence-electron chi connectivity index (χ1n) is 13.6. The van der Waals surface area contributed by atoms with Gasteiger partial charge in [0.15, 0.2) is 11.2 Å². The first-order valence-corrected chi connectivity index (χ1v) is 13.6. The Balaban J connectivity index is 1.63. The molecule has 2 aliphatic heterocycles. The number of allylic oxidation sites excluding steroid dienone is 4. The van der Waals surface area contributed by atoms with Gasteiger partial charge in [-0.1, -0.05) is 43.4 Å². The molecule has 2 N–H and O–H groups in total. The third-order valence-electron chi connectivity index (χ3n) is 9.18. The van der Waals surface area contributed by atoms with E-state index in [0.29, 0.717) is 37.3 Å². The van der Waals surface area contributed by atoms with Gasteiger partial charge in [0.25, 0.3) is 0 Å². The normalized spacial score (nSPS) is 34.4. The van der Waals surface area contributed by atoms with E-state index in [4.69, 9.17) is 14.2 Å². The van der Waals surface area contributed by atoms with E-state index in [2.05, 4.69) is 35.0 Å². The van der Waals surface area contributed by atoms with Crippen LogP contribution >= 0.6 is 0 Å². The number of hydrogen-bond donors (Lipinski definition) is 2. The summed E-state index contributed by atoms with van der Waals surface area (Å²) in [5, 5.41) is 44.6. The van der Waals surface area contributed by atoms with Gasteiger partial charge in [-0.3, -0.25) is 4.90 Å². The molecule has 206 valence electrons. The van der Waals surface area contributed by atoms with Crippen LogP contribution in [0.5, 0.6) is 11.6 Å². The summed E-state index contributed by atoms with van der Waals surface area (Å²) in [6.45, 7) is 5.31. The standard InChI is InChI=1S/C31H32N4O5/c1-29(10-4-3-5-11-29)26-23(19-35-12-14-39-15-13-35)27(36)30(37)25-24(16-22(18-33)34-28(25)38-2)40-31(26,30)21-8-6-20(17-32)7-9-21/h3-10,16,23,26-27,36-37H,11-15,19H2,1-2H3/t23-,26+,27-,29?,30+,31+/m1/s1. The van der Waals surface area contributed by atoms with E-state index in [-0.39, 0.29) is 22.9 Å². The Morgan fingerprint density at radius 2 is 1.90 bits per heavy atom. The fourth-order valence-corrected chi connectivity index (χ4v) is 7.50. The van der Waals surface area contributed by atoms with Gasteiger partial charge in [-0.2, -0.15) is 10.5 Å². The van der Waals surface area contributed by atoms with E-state index in [1.165, 1.54) is 13.2 Å². The van der Waals surface area contributed by atoms with Gasteiger partial charge in [0, 0.05) is 37.5 Å². The van der Waals surface area contributed by atoms with E-state index in [1.54, 1.807) is 24.3 Å². The maximum atomic E-state index is 13.0. The molecule has 0 spiro atoms. The number of benzene rings is 1. The molecule has 0 bridgehead atoms. The maximum absolute atomic E-state index is 13.0. The van der Waals surface area contributed by atoms with Crippen LogP contribution in [0.4, 0.5) is 0 Å². The van der Waals surface area contributed by atoms with Crippen molar-refractivity contribution in [1.82, 2.24) is 9.88 Å². The number of aliphatic hydroxyl groups excluding tert-OH is 1. The van der Waals surface area contributed by atoms with Crippen LogP contribution in [0.1, 0.15) is 35.7 Å². The summed E-state index contributed by atoms with van der Waals surface area (Å²) >= 11 is 0. The maximum Gasteiger partial charge on any atom is 0.224 e. The summed E-state index contributed by atoms with van der Waals surface area (Å²) in [6, 6.07) is 12.7. The summed E-state index contributed by atoms with van der Waals surface area (Å²) in [4.78, 5) is 6.61. The quantitative estimate of drug-likeness (QED) is 0.588. The van der Waals surface area contributed by atoms with Gasteiger partial charge in [-0.05, 0) is 29.5 Å². The lowest BCUT2D eigenvalue weighted by molar-refractivity contribution is -0.166. The predicted molar refractivity (Wildman–Crippen MR) is 144 cm³/mol. The highest BCUT2D eigenvalue weighted by Gasteiger charge is 2.78. The predicted octanol–water partition coefficient (Wildman–Crippen LogP) is 2.77. The number of morpholine rings is 1. The molecule has 1 unspecified atom stereocenters. The lowest BCUT2D eigenvalue weighted by atomic mass is 9.60. The molecule has 40 heavy (non-hydrogen) atoms. The van der Waals surface area contributed by atoms with Gasteiger partial charge in [-0.15, -0.1) is 0 Å². The highest BCUT2D eigenvalue weighted by atomic mass is 16.5. The van der Waals surface area contributed by atoms with E-state index < -0.39 is 34.6 Å². The molecule has 1 saturated carbocycles. The van der Waals surface area contributed by atoms with Crippen LogP contribution in [0.2, 0.25) is 0 Å². The Bertz CT molecular complexity index is 1450. The fourth-order valence-electron chi connectivity index (χ4n) is 7.50. The Kier molecular flexibility index (Phi) is 6.44. The molecule has 2 aliphatic carbocycles. The zero-order valence-corrected chi connectivity index (χ0v) is 22.6.